The van der Waals surface area contributed by atoms with E-state index >= 15 is 0 Å². The van der Waals surface area contributed by atoms with Crippen LogP contribution in [0.2, 0.25) is 0 Å². The summed E-state index contributed by atoms with van der Waals surface area (Å²) in [5.41, 5.74) is 10.2. The largest absolute Gasteiger partial charge is 0.377 e. The third kappa shape index (κ3) is 4.15. The monoisotopic (exact) mass is 236 g/mol. The molecule has 1 amide bonds. The number of carbonyl (C=O) groups is 1. The molecule has 0 aliphatic carbocycles. The molecular weight excluding hydrogens is 220 g/mol. The van der Waals surface area contributed by atoms with Crippen molar-refractivity contribution in [3.63, 3.8) is 0 Å². The Balaban J connectivity index is 2.47. The summed E-state index contributed by atoms with van der Waals surface area (Å²) in [6.07, 6.45) is 1.36. The Morgan fingerprint density at radius 2 is 2.20 bits per heavy atom. The maximum absolute atomic E-state index is 11.5. The summed E-state index contributed by atoms with van der Waals surface area (Å²) in [4.78, 5) is 10.6. The minimum atomic E-state index is -3.36. The number of primary amides is 1. The fourth-order valence-electron chi connectivity index (χ4n) is 1.48. The molecular formula is C8H16N2O4S. The fraction of sp³-hybridized carbons (Fsp3) is 0.875. The summed E-state index contributed by atoms with van der Waals surface area (Å²) in [6, 6.07) is -1.13. The van der Waals surface area contributed by atoms with Crippen LogP contribution in [-0.2, 0) is 19.4 Å². The molecule has 0 bridgehead atoms. The van der Waals surface area contributed by atoms with Gasteiger partial charge >= 0.3 is 0 Å². The molecule has 1 rings (SSSR count). The first-order valence-electron chi connectivity index (χ1n) is 4.77. The van der Waals surface area contributed by atoms with E-state index in [4.69, 9.17) is 16.2 Å². The molecule has 6 nitrogen and oxygen atoms in total. The van der Waals surface area contributed by atoms with Gasteiger partial charge in [-0.2, -0.15) is 0 Å². The van der Waals surface area contributed by atoms with E-state index < -0.39 is 27.5 Å². The molecule has 1 aliphatic rings. The summed E-state index contributed by atoms with van der Waals surface area (Å²) in [7, 11) is -3.36. The number of ether oxygens (including phenoxy) is 1. The first-order chi connectivity index (χ1) is 6.91. The second kappa shape index (κ2) is 4.91. The molecule has 2 atom stereocenters. The number of nitrogens with two attached hydrogens (primary N) is 2. The zero-order valence-corrected chi connectivity index (χ0v) is 9.20. The Morgan fingerprint density at radius 3 is 2.67 bits per heavy atom. The van der Waals surface area contributed by atoms with E-state index in [0.29, 0.717) is 6.61 Å². The molecule has 2 unspecified atom stereocenters. The van der Waals surface area contributed by atoms with Crippen LogP contribution in [0.1, 0.15) is 12.8 Å². The van der Waals surface area contributed by atoms with E-state index in [2.05, 4.69) is 0 Å². The number of amides is 1. The Morgan fingerprint density at radius 1 is 1.53 bits per heavy atom. The number of carbonyl (C=O) groups excluding carboxylic acids is 1. The molecule has 1 heterocycles. The number of sulfone groups is 1. The van der Waals surface area contributed by atoms with Crippen LogP contribution >= 0.6 is 0 Å². The molecule has 0 aromatic heterocycles. The number of hydrogen-bond donors (Lipinski definition) is 2. The first-order valence-corrected chi connectivity index (χ1v) is 6.60. The van der Waals surface area contributed by atoms with Crippen LogP contribution in [-0.4, -0.2) is 44.6 Å². The molecule has 0 saturated carbocycles. The van der Waals surface area contributed by atoms with Gasteiger partial charge in [-0.3, -0.25) is 4.79 Å². The highest BCUT2D eigenvalue weighted by Gasteiger charge is 2.26. The second-order valence-corrected chi connectivity index (χ2v) is 5.87. The normalized spacial score (nSPS) is 23.9. The van der Waals surface area contributed by atoms with Crippen molar-refractivity contribution in [3.8, 4) is 0 Å². The molecule has 0 radical (unpaired) electrons. The zero-order valence-electron chi connectivity index (χ0n) is 8.39. The van der Waals surface area contributed by atoms with E-state index in [1.165, 1.54) is 0 Å². The average Bonchev–Trinajstić information content (AvgIpc) is 2.54. The first kappa shape index (κ1) is 12.4. The fourth-order valence-corrected chi connectivity index (χ4v) is 3.16. The lowest BCUT2D eigenvalue weighted by atomic mass is 10.3. The molecule has 7 heteroatoms. The highest BCUT2D eigenvalue weighted by atomic mass is 32.2. The molecule has 15 heavy (non-hydrogen) atoms. The van der Waals surface area contributed by atoms with Crippen LogP contribution in [0.25, 0.3) is 0 Å². The molecule has 0 spiro atoms. The lowest BCUT2D eigenvalue weighted by Gasteiger charge is -2.12. The van der Waals surface area contributed by atoms with Crippen molar-refractivity contribution < 1.29 is 17.9 Å². The summed E-state index contributed by atoms with van der Waals surface area (Å²) >= 11 is 0. The lowest BCUT2D eigenvalue weighted by Crippen LogP contribution is -2.43. The van der Waals surface area contributed by atoms with Crippen molar-refractivity contribution in [2.75, 3.05) is 18.1 Å². The average molecular weight is 236 g/mol. The van der Waals surface area contributed by atoms with Gasteiger partial charge in [0, 0.05) is 6.61 Å². The third-order valence-corrected chi connectivity index (χ3v) is 4.01. The predicted octanol–water partition coefficient (Wildman–Crippen LogP) is -1.61. The minimum Gasteiger partial charge on any atom is -0.377 e. The van der Waals surface area contributed by atoms with Gasteiger partial charge in [0.05, 0.1) is 23.7 Å². The molecule has 1 fully saturated rings. The standard InChI is InChI=1S/C8H16N2O4S/c9-7(8(10)11)5-15(12,13)4-6-2-1-3-14-6/h6-7H,1-5,9H2,(H2,10,11). The third-order valence-electron chi connectivity index (χ3n) is 2.26. The quantitative estimate of drug-likeness (QED) is 0.596. The van der Waals surface area contributed by atoms with Crippen molar-refractivity contribution in [3.05, 3.63) is 0 Å². The Kier molecular flexibility index (Phi) is 4.06. The van der Waals surface area contributed by atoms with E-state index in [1.807, 2.05) is 0 Å². The van der Waals surface area contributed by atoms with Gasteiger partial charge in [-0.15, -0.1) is 0 Å². The maximum Gasteiger partial charge on any atom is 0.235 e. The van der Waals surface area contributed by atoms with Gasteiger partial charge in [-0.25, -0.2) is 8.42 Å². The van der Waals surface area contributed by atoms with Gasteiger partial charge < -0.3 is 16.2 Å². The summed E-state index contributed by atoms with van der Waals surface area (Å²) in [6.45, 7) is 0.599. The van der Waals surface area contributed by atoms with Gasteiger partial charge in [0.1, 0.15) is 0 Å². The van der Waals surface area contributed by atoms with Gasteiger partial charge in [0.2, 0.25) is 5.91 Å². The highest BCUT2D eigenvalue weighted by molar-refractivity contribution is 7.91. The molecule has 88 valence electrons. The molecule has 0 aromatic rings. The zero-order chi connectivity index (χ0) is 11.5. The minimum absolute atomic E-state index is 0.0754. The van der Waals surface area contributed by atoms with Crippen LogP contribution in [0.4, 0.5) is 0 Å². The van der Waals surface area contributed by atoms with Crippen molar-refractivity contribution in [2.24, 2.45) is 11.5 Å². The van der Waals surface area contributed by atoms with Gasteiger partial charge in [0.15, 0.2) is 9.84 Å². The Bertz CT molecular complexity index is 322. The summed E-state index contributed by atoms with van der Waals surface area (Å²) in [5.74, 6) is -1.28. The van der Waals surface area contributed by atoms with Gasteiger partial charge in [-0.1, -0.05) is 0 Å². The van der Waals surface area contributed by atoms with Crippen molar-refractivity contribution >= 4 is 15.7 Å². The van der Waals surface area contributed by atoms with Crippen molar-refractivity contribution in [1.29, 1.82) is 0 Å². The van der Waals surface area contributed by atoms with Gasteiger partial charge in [-0.05, 0) is 12.8 Å². The van der Waals surface area contributed by atoms with Gasteiger partial charge in [0.25, 0.3) is 0 Å². The van der Waals surface area contributed by atoms with Crippen LogP contribution in [0.3, 0.4) is 0 Å². The summed E-state index contributed by atoms with van der Waals surface area (Å²) in [5, 5.41) is 0. The molecule has 1 aliphatic heterocycles. The smallest absolute Gasteiger partial charge is 0.235 e. The second-order valence-electron chi connectivity index (χ2n) is 3.72. The molecule has 0 aromatic carbocycles. The van der Waals surface area contributed by atoms with Crippen LogP contribution in [0, 0.1) is 0 Å². The van der Waals surface area contributed by atoms with Crippen LogP contribution < -0.4 is 11.5 Å². The maximum atomic E-state index is 11.5. The Hall–Kier alpha value is -0.660. The van der Waals surface area contributed by atoms with E-state index in [9.17, 15) is 13.2 Å². The molecule has 1 saturated heterocycles. The Labute approximate surface area is 88.9 Å². The lowest BCUT2D eigenvalue weighted by molar-refractivity contribution is -0.118. The number of rotatable bonds is 5. The SMILES string of the molecule is NC(=O)C(N)CS(=O)(=O)CC1CCCO1. The van der Waals surface area contributed by atoms with E-state index in [-0.39, 0.29) is 11.9 Å². The van der Waals surface area contributed by atoms with Crippen molar-refractivity contribution in [2.45, 2.75) is 25.0 Å². The van der Waals surface area contributed by atoms with E-state index in [1.54, 1.807) is 0 Å². The topological polar surface area (TPSA) is 112 Å². The van der Waals surface area contributed by atoms with E-state index in [0.717, 1.165) is 12.8 Å². The predicted molar refractivity (Wildman–Crippen MR) is 54.8 cm³/mol. The van der Waals surface area contributed by atoms with Crippen LogP contribution in [0.5, 0.6) is 0 Å². The summed E-state index contributed by atoms with van der Waals surface area (Å²) < 4.78 is 28.3. The number of hydrogen-bond acceptors (Lipinski definition) is 5. The highest BCUT2D eigenvalue weighted by Crippen LogP contribution is 2.14. The van der Waals surface area contributed by atoms with Crippen LogP contribution in [0.15, 0.2) is 0 Å². The van der Waals surface area contributed by atoms with Crippen molar-refractivity contribution in [1.82, 2.24) is 0 Å². The molecule has 4 N–H and O–H groups in total.